The topological polar surface area (TPSA) is 39.4 Å². The van der Waals surface area contributed by atoms with Gasteiger partial charge in [-0.15, -0.1) is 6.58 Å². The molecule has 17 heavy (non-hydrogen) atoms. The first-order chi connectivity index (χ1) is 8.17. The maximum Gasteiger partial charge on any atom is 0.336 e. The van der Waals surface area contributed by atoms with E-state index in [1.54, 1.807) is 13.2 Å². The summed E-state index contributed by atoms with van der Waals surface area (Å²) in [6, 6.07) is 5.28. The van der Waals surface area contributed by atoms with Crippen molar-refractivity contribution in [3.8, 4) is 5.75 Å². The van der Waals surface area contributed by atoms with E-state index in [4.69, 9.17) is 9.15 Å². The van der Waals surface area contributed by atoms with Crippen LogP contribution in [0.25, 0.3) is 11.0 Å². The van der Waals surface area contributed by atoms with Crippen LogP contribution in [0.5, 0.6) is 5.75 Å². The van der Waals surface area contributed by atoms with Gasteiger partial charge in [0.05, 0.1) is 7.11 Å². The number of allylic oxidation sites excluding steroid dienone is 1. The van der Waals surface area contributed by atoms with E-state index in [9.17, 15) is 4.79 Å². The molecule has 0 bridgehead atoms. The molecule has 3 heteroatoms. The van der Waals surface area contributed by atoms with Crippen molar-refractivity contribution in [1.29, 1.82) is 0 Å². The average molecular weight is 230 g/mol. The monoisotopic (exact) mass is 230 g/mol. The molecule has 0 fully saturated rings. The minimum atomic E-state index is -0.339. The SMILES string of the molecule is C=CCc1c(OC)ccc2c(C)cc(=O)oc12. The van der Waals surface area contributed by atoms with Crippen molar-refractivity contribution in [2.75, 3.05) is 7.11 Å². The maximum absolute atomic E-state index is 11.4. The van der Waals surface area contributed by atoms with Gasteiger partial charge in [0.25, 0.3) is 0 Å². The Balaban J connectivity index is 2.87. The van der Waals surface area contributed by atoms with Crippen molar-refractivity contribution in [1.82, 2.24) is 0 Å². The van der Waals surface area contributed by atoms with Crippen molar-refractivity contribution in [3.63, 3.8) is 0 Å². The van der Waals surface area contributed by atoms with Gasteiger partial charge in [-0.3, -0.25) is 0 Å². The molecular weight excluding hydrogens is 216 g/mol. The highest BCUT2D eigenvalue weighted by molar-refractivity contribution is 5.85. The summed E-state index contributed by atoms with van der Waals surface area (Å²) in [6.07, 6.45) is 2.37. The molecule has 1 aromatic heterocycles. The molecule has 0 saturated carbocycles. The first-order valence-corrected chi connectivity index (χ1v) is 5.38. The van der Waals surface area contributed by atoms with Crippen LogP contribution in [0.4, 0.5) is 0 Å². The number of ether oxygens (including phenoxy) is 1. The van der Waals surface area contributed by atoms with Crippen LogP contribution in [0.1, 0.15) is 11.1 Å². The van der Waals surface area contributed by atoms with E-state index in [0.29, 0.717) is 17.8 Å². The van der Waals surface area contributed by atoms with Gasteiger partial charge in [-0.1, -0.05) is 6.08 Å². The number of methoxy groups -OCH3 is 1. The Labute approximate surface area is 99.3 Å². The molecule has 2 rings (SSSR count). The lowest BCUT2D eigenvalue weighted by molar-refractivity contribution is 0.409. The average Bonchev–Trinajstić information content (AvgIpc) is 2.30. The second-order valence-corrected chi connectivity index (χ2v) is 3.86. The predicted octanol–water partition coefficient (Wildman–Crippen LogP) is 2.84. The minimum Gasteiger partial charge on any atom is -0.496 e. The van der Waals surface area contributed by atoms with Gasteiger partial charge in [0.15, 0.2) is 0 Å². The van der Waals surface area contributed by atoms with E-state index in [2.05, 4.69) is 6.58 Å². The molecule has 1 aromatic carbocycles. The molecule has 0 spiro atoms. The number of benzene rings is 1. The van der Waals surface area contributed by atoms with E-state index in [-0.39, 0.29) is 5.63 Å². The number of fused-ring (bicyclic) bond motifs is 1. The summed E-state index contributed by atoms with van der Waals surface area (Å²) in [5, 5.41) is 0.933. The molecule has 0 N–H and O–H groups in total. The van der Waals surface area contributed by atoms with Crippen LogP contribution in [0, 0.1) is 6.92 Å². The lowest BCUT2D eigenvalue weighted by Crippen LogP contribution is -2.01. The summed E-state index contributed by atoms with van der Waals surface area (Å²) in [6.45, 7) is 5.60. The van der Waals surface area contributed by atoms with Gasteiger partial charge >= 0.3 is 5.63 Å². The number of aryl methyl sites for hydroxylation is 1. The Morgan fingerprint density at radius 2 is 2.24 bits per heavy atom. The highest BCUT2D eigenvalue weighted by Gasteiger charge is 2.11. The van der Waals surface area contributed by atoms with Crippen LogP contribution in [0.2, 0.25) is 0 Å². The molecule has 0 atom stereocenters. The Hall–Kier alpha value is -2.03. The third-order valence-electron chi connectivity index (χ3n) is 2.75. The van der Waals surface area contributed by atoms with Gasteiger partial charge < -0.3 is 9.15 Å². The summed E-state index contributed by atoms with van der Waals surface area (Å²) in [4.78, 5) is 11.4. The lowest BCUT2D eigenvalue weighted by Gasteiger charge is -2.10. The first kappa shape index (κ1) is 11.5. The Bertz CT molecular complexity index is 623. The molecule has 0 saturated heterocycles. The standard InChI is InChI=1S/C14H14O3/c1-4-5-11-12(16-3)7-6-10-9(2)8-13(15)17-14(10)11/h4,6-8H,1,5H2,2-3H3. The van der Waals surface area contributed by atoms with E-state index in [0.717, 1.165) is 16.5 Å². The third-order valence-corrected chi connectivity index (χ3v) is 2.75. The highest BCUT2D eigenvalue weighted by Crippen LogP contribution is 2.29. The second kappa shape index (κ2) is 4.45. The summed E-state index contributed by atoms with van der Waals surface area (Å²) >= 11 is 0. The van der Waals surface area contributed by atoms with Gasteiger partial charge in [0.1, 0.15) is 11.3 Å². The zero-order valence-corrected chi connectivity index (χ0v) is 9.95. The Kier molecular flexibility index (Phi) is 3.00. The van der Waals surface area contributed by atoms with Crippen LogP contribution in [-0.4, -0.2) is 7.11 Å². The predicted molar refractivity (Wildman–Crippen MR) is 67.7 cm³/mol. The van der Waals surface area contributed by atoms with E-state index in [1.807, 2.05) is 19.1 Å². The van der Waals surface area contributed by atoms with Gasteiger partial charge in [-0.25, -0.2) is 4.79 Å². The van der Waals surface area contributed by atoms with E-state index < -0.39 is 0 Å². The molecule has 88 valence electrons. The van der Waals surface area contributed by atoms with Crippen LogP contribution in [-0.2, 0) is 6.42 Å². The fourth-order valence-electron chi connectivity index (χ4n) is 1.95. The number of hydrogen-bond donors (Lipinski definition) is 0. The van der Waals surface area contributed by atoms with Crippen molar-refractivity contribution in [3.05, 3.63) is 52.4 Å². The molecular formula is C14H14O3. The van der Waals surface area contributed by atoms with Crippen molar-refractivity contribution in [2.45, 2.75) is 13.3 Å². The minimum absolute atomic E-state index is 0.339. The van der Waals surface area contributed by atoms with E-state index in [1.165, 1.54) is 6.07 Å². The van der Waals surface area contributed by atoms with Gasteiger partial charge in [-0.2, -0.15) is 0 Å². The van der Waals surface area contributed by atoms with Crippen LogP contribution in [0.15, 0.2) is 40.1 Å². The zero-order chi connectivity index (χ0) is 12.4. The first-order valence-electron chi connectivity index (χ1n) is 5.38. The maximum atomic E-state index is 11.4. The second-order valence-electron chi connectivity index (χ2n) is 3.86. The highest BCUT2D eigenvalue weighted by atomic mass is 16.5. The van der Waals surface area contributed by atoms with Crippen LogP contribution < -0.4 is 10.4 Å². The number of hydrogen-bond acceptors (Lipinski definition) is 3. The largest absolute Gasteiger partial charge is 0.496 e. The summed E-state index contributed by atoms with van der Waals surface area (Å²) in [5.74, 6) is 0.714. The molecule has 0 radical (unpaired) electrons. The van der Waals surface area contributed by atoms with Crippen molar-refractivity contribution < 1.29 is 9.15 Å². The molecule has 3 nitrogen and oxygen atoms in total. The lowest BCUT2D eigenvalue weighted by atomic mass is 10.0. The third kappa shape index (κ3) is 1.96. The summed E-state index contributed by atoms with van der Waals surface area (Å²) in [5.41, 5.74) is 2.02. The Morgan fingerprint density at radius 3 is 2.88 bits per heavy atom. The van der Waals surface area contributed by atoms with Gasteiger partial charge in [-0.05, 0) is 31.0 Å². The van der Waals surface area contributed by atoms with E-state index >= 15 is 0 Å². The summed E-state index contributed by atoms with van der Waals surface area (Å²) < 4.78 is 10.6. The summed E-state index contributed by atoms with van der Waals surface area (Å²) in [7, 11) is 1.60. The molecule has 0 aliphatic heterocycles. The fraction of sp³-hybridized carbons (Fsp3) is 0.214. The molecule has 0 amide bonds. The smallest absolute Gasteiger partial charge is 0.336 e. The van der Waals surface area contributed by atoms with Gasteiger partial charge in [0.2, 0.25) is 0 Å². The van der Waals surface area contributed by atoms with Crippen molar-refractivity contribution >= 4 is 11.0 Å². The fourth-order valence-corrected chi connectivity index (χ4v) is 1.95. The molecule has 0 unspecified atom stereocenters. The quantitative estimate of drug-likeness (QED) is 0.601. The van der Waals surface area contributed by atoms with Crippen molar-refractivity contribution in [2.24, 2.45) is 0 Å². The van der Waals surface area contributed by atoms with Crippen LogP contribution >= 0.6 is 0 Å². The van der Waals surface area contributed by atoms with Gasteiger partial charge in [0, 0.05) is 17.0 Å². The normalized spacial score (nSPS) is 10.5. The molecule has 1 heterocycles. The molecule has 0 aliphatic rings. The number of rotatable bonds is 3. The zero-order valence-electron chi connectivity index (χ0n) is 9.95. The Morgan fingerprint density at radius 1 is 1.47 bits per heavy atom. The molecule has 0 aliphatic carbocycles. The van der Waals surface area contributed by atoms with Crippen LogP contribution in [0.3, 0.4) is 0 Å². The molecule has 2 aromatic rings.